The van der Waals surface area contributed by atoms with E-state index in [1.54, 1.807) is 0 Å². The maximum Gasteiger partial charge on any atom is 0.239 e. The second-order valence-electron chi connectivity index (χ2n) is 11.1. The van der Waals surface area contributed by atoms with Gasteiger partial charge in [0.05, 0.1) is 11.4 Å². The molecular formula is C31H27ClN4. The largest absolute Gasteiger partial charge is 0.278 e. The lowest BCUT2D eigenvalue weighted by Gasteiger charge is -2.64. The highest BCUT2D eigenvalue weighted by molar-refractivity contribution is 6.28. The number of hydrogen-bond donors (Lipinski definition) is 0. The lowest BCUT2D eigenvalue weighted by molar-refractivity contribution is -0.0419. The third kappa shape index (κ3) is 2.79. The van der Waals surface area contributed by atoms with Crippen LogP contribution in [0.1, 0.15) is 43.2 Å². The molecule has 5 heteroatoms. The van der Waals surface area contributed by atoms with Crippen LogP contribution in [0.5, 0.6) is 0 Å². The van der Waals surface area contributed by atoms with Crippen molar-refractivity contribution in [3.8, 4) is 11.4 Å². The maximum absolute atomic E-state index is 6.53. The number of aromatic nitrogens is 3. The van der Waals surface area contributed by atoms with E-state index < -0.39 is 0 Å². The van der Waals surface area contributed by atoms with Gasteiger partial charge in [0.15, 0.2) is 5.82 Å². The molecule has 0 atom stereocenters. The van der Waals surface area contributed by atoms with Crippen LogP contribution in [-0.4, -0.2) is 15.0 Å². The Kier molecular flexibility index (Phi) is 4.43. The first-order valence-electron chi connectivity index (χ1n) is 13.2. The third-order valence-corrected chi connectivity index (χ3v) is 9.60. The topological polar surface area (TPSA) is 41.9 Å². The Morgan fingerprint density at radius 3 is 1.81 bits per heavy atom. The van der Waals surface area contributed by atoms with Gasteiger partial charge in [-0.2, -0.15) is 15.0 Å². The number of rotatable bonds is 2. The first-order valence-corrected chi connectivity index (χ1v) is 13.6. The zero-order chi connectivity index (χ0) is 23.9. The maximum atomic E-state index is 6.53. The Morgan fingerprint density at radius 1 is 0.639 bits per heavy atom. The summed E-state index contributed by atoms with van der Waals surface area (Å²) in [6.45, 7) is 0. The van der Waals surface area contributed by atoms with Crippen molar-refractivity contribution in [2.45, 2.75) is 37.5 Å². The summed E-state index contributed by atoms with van der Waals surface area (Å²) >= 11 is 6.53. The van der Waals surface area contributed by atoms with Gasteiger partial charge in [-0.3, -0.25) is 4.90 Å². The number of para-hydroxylation sites is 2. The van der Waals surface area contributed by atoms with Gasteiger partial charge < -0.3 is 0 Å². The van der Waals surface area contributed by atoms with Gasteiger partial charge in [-0.15, -0.1) is 0 Å². The van der Waals surface area contributed by atoms with E-state index in [9.17, 15) is 0 Å². The van der Waals surface area contributed by atoms with Crippen molar-refractivity contribution in [3.63, 3.8) is 0 Å². The molecule has 3 aromatic carbocycles. The van der Waals surface area contributed by atoms with Crippen molar-refractivity contribution in [2.75, 3.05) is 4.90 Å². The highest BCUT2D eigenvalue weighted by Crippen LogP contribution is 2.69. The van der Waals surface area contributed by atoms with Crippen LogP contribution in [0.25, 0.3) is 11.4 Å². The molecular weight excluding hydrogens is 464 g/mol. The Labute approximate surface area is 216 Å². The lowest BCUT2D eigenvalue weighted by Crippen LogP contribution is -2.57. The molecule has 0 radical (unpaired) electrons. The number of anilines is 3. The molecule has 1 aromatic heterocycles. The van der Waals surface area contributed by atoms with Crippen LogP contribution < -0.4 is 4.90 Å². The van der Waals surface area contributed by atoms with E-state index in [1.807, 2.05) is 30.3 Å². The summed E-state index contributed by atoms with van der Waals surface area (Å²) < 4.78 is 0. The fraction of sp³-hybridized carbons (Fsp3) is 0.323. The highest BCUT2D eigenvalue weighted by atomic mass is 35.5. The third-order valence-electron chi connectivity index (χ3n) is 9.44. The molecule has 36 heavy (non-hydrogen) atoms. The molecule has 4 aromatic rings. The molecule has 0 saturated heterocycles. The zero-order valence-corrected chi connectivity index (χ0v) is 20.8. The lowest BCUT2D eigenvalue weighted by atomic mass is 9.41. The van der Waals surface area contributed by atoms with Crippen molar-refractivity contribution in [3.05, 3.63) is 95.3 Å². The Bertz CT molecular complexity index is 1410. The highest BCUT2D eigenvalue weighted by Gasteiger charge is 2.61. The van der Waals surface area contributed by atoms with E-state index in [0.717, 1.165) is 17.4 Å². The first kappa shape index (κ1) is 20.9. The van der Waals surface area contributed by atoms with E-state index in [-0.39, 0.29) is 10.7 Å². The van der Waals surface area contributed by atoms with Gasteiger partial charge >= 0.3 is 0 Å². The minimum Gasteiger partial charge on any atom is -0.278 e. The minimum atomic E-state index is 0.0657. The summed E-state index contributed by atoms with van der Waals surface area (Å²) in [4.78, 5) is 16.3. The molecule has 0 amide bonds. The molecule has 178 valence electrons. The molecule has 2 heterocycles. The van der Waals surface area contributed by atoms with Crippen molar-refractivity contribution in [2.24, 2.45) is 23.7 Å². The van der Waals surface area contributed by atoms with Crippen molar-refractivity contribution < 1.29 is 0 Å². The molecule has 4 nitrogen and oxygen atoms in total. The molecule has 9 rings (SSSR count). The SMILES string of the molecule is Clc1nc(-c2ccccc2)nc(N2c3ccccc3C3(c4ccccc42)C2CC4CC(C2)CC3C4)n1. The Balaban J connectivity index is 1.37. The molecule has 5 aliphatic rings. The summed E-state index contributed by atoms with van der Waals surface area (Å²) in [5, 5.41) is 0.212. The van der Waals surface area contributed by atoms with Crippen LogP contribution in [-0.2, 0) is 5.41 Å². The summed E-state index contributed by atoms with van der Waals surface area (Å²) in [7, 11) is 0. The van der Waals surface area contributed by atoms with Crippen LogP contribution in [0.15, 0.2) is 78.9 Å². The van der Waals surface area contributed by atoms with Gasteiger partial charge in [-0.25, -0.2) is 0 Å². The molecule has 1 spiro atoms. The second kappa shape index (κ2) is 7.63. The molecule has 0 N–H and O–H groups in total. The van der Waals surface area contributed by atoms with Crippen LogP contribution in [0, 0.1) is 23.7 Å². The number of hydrogen-bond acceptors (Lipinski definition) is 4. The second-order valence-corrected chi connectivity index (χ2v) is 11.5. The van der Waals surface area contributed by atoms with Crippen LogP contribution >= 0.6 is 11.6 Å². The number of benzene rings is 3. The van der Waals surface area contributed by atoms with Crippen molar-refractivity contribution >= 4 is 28.9 Å². The first-order chi connectivity index (χ1) is 17.7. The number of halogens is 1. The van der Waals surface area contributed by atoms with Gasteiger partial charge in [0.25, 0.3) is 0 Å². The predicted molar refractivity (Wildman–Crippen MR) is 143 cm³/mol. The molecule has 4 bridgehead atoms. The van der Waals surface area contributed by atoms with Crippen LogP contribution in [0.3, 0.4) is 0 Å². The van der Waals surface area contributed by atoms with Crippen LogP contribution in [0.4, 0.5) is 17.3 Å². The monoisotopic (exact) mass is 490 g/mol. The van der Waals surface area contributed by atoms with E-state index in [0.29, 0.717) is 23.6 Å². The van der Waals surface area contributed by atoms with E-state index in [2.05, 4.69) is 63.4 Å². The van der Waals surface area contributed by atoms with Crippen molar-refractivity contribution in [1.82, 2.24) is 15.0 Å². The summed E-state index contributed by atoms with van der Waals surface area (Å²) in [6, 6.07) is 28.0. The Morgan fingerprint density at radius 2 is 1.19 bits per heavy atom. The minimum absolute atomic E-state index is 0.0657. The summed E-state index contributed by atoms with van der Waals surface area (Å²) in [6.07, 6.45) is 6.86. The average Bonchev–Trinajstić information content (AvgIpc) is 2.90. The normalized spacial score (nSPS) is 26.6. The van der Waals surface area contributed by atoms with Crippen LogP contribution in [0.2, 0.25) is 5.28 Å². The van der Waals surface area contributed by atoms with E-state index in [4.69, 9.17) is 16.6 Å². The fourth-order valence-electron chi connectivity index (χ4n) is 8.49. The van der Waals surface area contributed by atoms with Crippen molar-refractivity contribution in [1.29, 1.82) is 0 Å². The quantitative estimate of drug-likeness (QED) is 0.288. The van der Waals surface area contributed by atoms with E-state index in [1.165, 1.54) is 54.6 Å². The zero-order valence-electron chi connectivity index (χ0n) is 20.0. The molecule has 4 saturated carbocycles. The summed E-state index contributed by atoms with van der Waals surface area (Å²) in [5.41, 5.74) is 6.25. The number of fused-ring (bicyclic) bond motifs is 2. The molecule has 4 aliphatic carbocycles. The van der Waals surface area contributed by atoms with Gasteiger partial charge in [0, 0.05) is 11.0 Å². The predicted octanol–water partition coefficient (Wildman–Crippen LogP) is 7.72. The molecule has 1 aliphatic heterocycles. The fourth-order valence-corrected chi connectivity index (χ4v) is 8.65. The average molecular weight is 491 g/mol. The Hall–Kier alpha value is -3.24. The van der Waals surface area contributed by atoms with Gasteiger partial charge in [-0.05, 0) is 90.6 Å². The summed E-state index contributed by atoms with van der Waals surface area (Å²) in [5.74, 6) is 4.38. The molecule has 0 unspecified atom stereocenters. The van der Waals surface area contributed by atoms with Gasteiger partial charge in [0.2, 0.25) is 11.2 Å². The van der Waals surface area contributed by atoms with E-state index >= 15 is 0 Å². The standard InChI is InChI=1S/C31H27ClN4/c32-29-33-28(21-8-2-1-3-9-21)34-30(35-29)36-26-12-6-4-10-24(26)31(25-11-5-7-13-27(25)36)22-15-19-14-20(17-22)18-23(31)16-19/h1-13,19-20,22-23H,14-18H2. The van der Waals surface area contributed by atoms with Gasteiger partial charge in [-0.1, -0.05) is 66.7 Å². The number of nitrogens with zero attached hydrogens (tertiary/aromatic N) is 4. The molecule has 4 fully saturated rings. The van der Waals surface area contributed by atoms with Gasteiger partial charge in [0.1, 0.15) is 0 Å². The smallest absolute Gasteiger partial charge is 0.239 e.